The van der Waals surface area contributed by atoms with Gasteiger partial charge in [0.25, 0.3) is 0 Å². The summed E-state index contributed by atoms with van der Waals surface area (Å²) in [6, 6.07) is 0. The van der Waals surface area contributed by atoms with Gasteiger partial charge < -0.3 is 15.8 Å². The lowest BCUT2D eigenvalue weighted by Gasteiger charge is -2.23. The largest absolute Gasteiger partial charge is 0.381 e. The molecule has 4 nitrogen and oxygen atoms in total. The van der Waals surface area contributed by atoms with Crippen molar-refractivity contribution in [2.24, 2.45) is 23.5 Å². The summed E-state index contributed by atoms with van der Waals surface area (Å²) in [6.45, 7) is 7.62. The molecule has 1 saturated heterocycles. The summed E-state index contributed by atoms with van der Waals surface area (Å²) in [5.74, 6) is 1.96. The Morgan fingerprint density at radius 2 is 2.00 bits per heavy atom. The summed E-state index contributed by atoms with van der Waals surface area (Å²) in [4.78, 5) is 11.8. The molecule has 0 spiro atoms. The number of amides is 1. The Morgan fingerprint density at radius 1 is 1.32 bits per heavy atom. The van der Waals surface area contributed by atoms with Gasteiger partial charge in [0.05, 0.1) is 0 Å². The molecule has 1 fully saturated rings. The zero-order chi connectivity index (χ0) is 14.1. The van der Waals surface area contributed by atoms with Gasteiger partial charge in [0.2, 0.25) is 5.91 Å². The van der Waals surface area contributed by atoms with Gasteiger partial charge in [0.15, 0.2) is 0 Å². The molecule has 1 atom stereocenters. The van der Waals surface area contributed by atoms with Crippen molar-refractivity contribution in [3.05, 3.63) is 0 Å². The lowest BCUT2D eigenvalue weighted by molar-refractivity contribution is -0.121. The first-order chi connectivity index (χ1) is 9.13. The fourth-order valence-electron chi connectivity index (χ4n) is 2.64. The molecule has 0 aliphatic carbocycles. The Bertz CT molecular complexity index is 251. The first-order valence-corrected chi connectivity index (χ1v) is 7.68. The van der Waals surface area contributed by atoms with Crippen molar-refractivity contribution in [1.29, 1.82) is 0 Å². The van der Waals surface area contributed by atoms with Crippen LogP contribution in [0.4, 0.5) is 0 Å². The standard InChI is InChI=1S/C15H30N2O2/c1-12(2)14(5-8-16)3-4-15(18)17-11-13-6-9-19-10-7-13/h12-14H,3-11,16H2,1-2H3,(H,17,18). The quantitative estimate of drug-likeness (QED) is 0.708. The molecule has 3 N–H and O–H groups in total. The van der Waals surface area contributed by atoms with Gasteiger partial charge in [-0.05, 0) is 50.0 Å². The number of carbonyl (C=O) groups excluding carboxylic acids is 1. The minimum absolute atomic E-state index is 0.189. The number of nitrogens with two attached hydrogens (primary N) is 1. The topological polar surface area (TPSA) is 64.4 Å². The van der Waals surface area contributed by atoms with Crippen LogP contribution in [0, 0.1) is 17.8 Å². The maximum Gasteiger partial charge on any atom is 0.220 e. The maximum atomic E-state index is 11.8. The molecule has 0 saturated carbocycles. The SMILES string of the molecule is CC(C)C(CCN)CCC(=O)NCC1CCOCC1. The summed E-state index contributed by atoms with van der Waals surface area (Å²) in [7, 11) is 0. The zero-order valence-electron chi connectivity index (χ0n) is 12.5. The van der Waals surface area contributed by atoms with Crippen molar-refractivity contribution < 1.29 is 9.53 Å². The van der Waals surface area contributed by atoms with Crippen LogP contribution in [0.2, 0.25) is 0 Å². The van der Waals surface area contributed by atoms with Gasteiger partial charge in [-0.15, -0.1) is 0 Å². The molecule has 1 amide bonds. The molecule has 0 aromatic carbocycles. The van der Waals surface area contributed by atoms with E-state index in [4.69, 9.17) is 10.5 Å². The molecule has 4 heteroatoms. The van der Waals surface area contributed by atoms with Crippen molar-refractivity contribution in [2.75, 3.05) is 26.3 Å². The van der Waals surface area contributed by atoms with Gasteiger partial charge in [-0.2, -0.15) is 0 Å². The number of carbonyl (C=O) groups is 1. The second-order valence-corrected chi connectivity index (χ2v) is 5.98. The summed E-state index contributed by atoms with van der Waals surface area (Å²) < 4.78 is 5.31. The highest BCUT2D eigenvalue weighted by molar-refractivity contribution is 5.75. The summed E-state index contributed by atoms with van der Waals surface area (Å²) in [5, 5.41) is 3.06. The van der Waals surface area contributed by atoms with E-state index in [2.05, 4.69) is 19.2 Å². The van der Waals surface area contributed by atoms with Gasteiger partial charge in [0.1, 0.15) is 0 Å². The summed E-state index contributed by atoms with van der Waals surface area (Å²) in [6.07, 6.45) is 4.75. The van der Waals surface area contributed by atoms with Gasteiger partial charge in [-0.25, -0.2) is 0 Å². The van der Waals surface area contributed by atoms with Crippen LogP contribution >= 0.6 is 0 Å². The van der Waals surface area contributed by atoms with E-state index in [1.165, 1.54) is 0 Å². The minimum Gasteiger partial charge on any atom is -0.381 e. The molecule has 1 rings (SSSR count). The second-order valence-electron chi connectivity index (χ2n) is 5.98. The zero-order valence-corrected chi connectivity index (χ0v) is 12.5. The van der Waals surface area contributed by atoms with Gasteiger partial charge in [-0.1, -0.05) is 13.8 Å². The molecule has 19 heavy (non-hydrogen) atoms. The van der Waals surface area contributed by atoms with Crippen LogP contribution in [-0.4, -0.2) is 32.2 Å². The predicted octanol–water partition coefficient (Wildman–Crippen LogP) is 1.93. The Balaban J connectivity index is 2.15. The predicted molar refractivity (Wildman–Crippen MR) is 77.8 cm³/mol. The van der Waals surface area contributed by atoms with Gasteiger partial charge in [-0.3, -0.25) is 4.79 Å². The average molecular weight is 270 g/mol. The van der Waals surface area contributed by atoms with Crippen LogP contribution < -0.4 is 11.1 Å². The highest BCUT2D eigenvalue weighted by Crippen LogP contribution is 2.20. The Morgan fingerprint density at radius 3 is 2.58 bits per heavy atom. The van der Waals surface area contributed by atoms with E-state index in [9.17, 15) is 4.79 Å². The highest BCUT2D eigenvalue weighted by Gasteiger charge is 2.16. The third-order valence-corrected chi connectivity index (χ3v) is 4.15. The van der Waals surface area contributed by atoms with E-state index in [0.29, 0.717) is 30.7 Å². The lowest BCUT2D eigenvalue weighted by Crippen LogP contribution is -2.32. The molecule has 0 bridgehead atoms. The number of rotatable bonds is 8. The Kier molecular flexibility index (Phi) is 8.07. The highest BCUT2D eigenvalue weighted by atomic mass is 16.5. The van der Waals surface area contributed by atoms with Crippen LogP contribution in [0.15, 0.2) is 0 Å². The van der Waals surface area contributed by atoms with E-state index >= 15 is 0 Å². The third-order valence-electron chi connectivity index (χ3n) is 4.15. The average Bonchev–Trinajstić information content (AvgIpc) is 2.42. The first-order valence-electron chi connectivity index (χ1n) is 7.68. The third kappa shape index (κ3) is 6.92. The maximum absolute atomic E-state index is 11.8. The number of nitrogens with one attached hydrogen (secondary N) is 1. The molecule has 0 radical (unpaired) electrons. The van der Waals surface area contributed by atoms with Crippen LogP contribution in [-0.2, 0) is 9.53 Å². The van der Waals surface area contributed by atoms with Crippen LogP contribution in [0.5, 0.6) is 0 Å². The van der Waals surface area contributed by atoms with E-state index in [1.807, 2.05) is 0 Å². The molecule has 1 heterocycles. The number of hydrogen-bond acceptors (Lipinski definition) is 3. The van der Waals surface area contributed by atoms with Crippen molar-refractivity contribution in [2.45, 2.75) is 46.0 Å². The number of ether oxygens (including phenoxy) is 1. The molecular weight excluding hydrogens is 240 g/mol. The molecular formula is C15H30N2O2. The minimum atomic E-state index is 0.189. The molecule has 0 aromatic rings. The summed E-state index contributed by atoms with van der Waals surface area (Å²) in [5.41, 5.74) is 5.62. The van der Waals surface area contributed by atoms with E-state index in [0.717, 1.165) is 45.4 Å². The number of hydrogen-bond donors (Lipinski definition) is 2. The van der Waals surface area contributed by atoms with Crippen molar-refractivity contribution in [3.8, 4) is 0 Å². The fourth-order valence-corrected chi connectivity index (χ4v) is 2.64. The molecule has 1 aliphatic rings. The lowest BCUT2D eigenvalue weighted by atomic mass is 9.88. The molecule has 1 unspecified atom stereocenters. The van der Waals surface area contributed by atoms with Gasteiger partial charge >= 0.3 is 0 Å². The van der Waals surface area contributed by atoms with Crippen LogP contribution in [0.3, 0.4) is 0 Å². The van der Waals surface area contributed by atoms with Crippen LogP contribution in [0.1, 0.15) is 46.0 Å². The van der Waals surface area contributed by atoms with Crippen molar-refractivity contribution in [3.63, 3.8) is 0 Å². The van der Waals surface area contributed by atoms with E-state index in [-0.39, 0.29) is 5.91 Å². The molecule has 112 valence electrons. The molecule has 0 aromatic heterocycles. The Labute approximate surface area is 117 Å². The smallest absolute Gasteiger partial charge is 0.220 e. The van der Waals surface area contributed by atoms with E-state index in [1.54, 1.807) is 0 Å². The monoisotopic (exact) mass is 270 g/mol. The summed E-state index contributed by atoms with van der Waals surface area (Å²) >= 11 is 0. The van der Waals surface area contributed by atoms with Crippen molar-refractivity contribution in [1.82, 2.24) is 5.32 Å². The molecule has 1 aliphatic heterocycles. The first kappa shape index (κ1) is 16.4. The van der Waals surface area contributed by atoms with Gasteiger partial charge in [0, 0.05) is 26.2 Å². The Hall–Kier alpha value is -0.610. The van der Waals surface area contributed by atoms with Crippen molar-refractivity contribution >= 4 is 5.91 Å². The normalized spacial score (nSPS) is 18.5. The second kappa shape index (κ2) is 9.32. The van der Waals surface area contributed by atoms with E-state index < -0.39 is 0 Å². The fraction of sp³-hybridized carbons (Fsp3) is 0.933. The van der Waals surface area contributed by atoms with Crippen LogP contribution in [0.25, 0.3) is 0 Å².